The molecule has 4 nitrogen and oxygen atoms in total. The number of nitrogens with zero attached hydrogens (tertiary/aromatic N) is 1. The Hall–Kier alpha value is -2.17. The van der Waals surface area contributed by atoms with E-state index in [0.717, 1.165) is 0 Å². The summed E-state index contributed by atoms with van der Waals surface area (Å²) >= 11 is 0. The summed E-state index contributed by atoms with van der Waals surface area (Å²) in [4.78, 5) is 17.8. The summed E-state index contributed by atoms with van der Waals surface area (Å²) in [7, 11) is 1.50. The molecule has 1 aromatic carbocycles. The van der Waals surface area contributed by atoms with Crippen LogP contribution in [0.5, 0.6) is 5.75 Å². The Labute approximate surface area is 97.5 Å². The van der Waals surface area contributed by atoms with E-state index < -0.39 is 0 Å². The van der Waals surface area contributed by atoms with Gasteiger partial charge in [-0.05, 0) is 18.2 Å². The van der Waals surface area contributed by atoms with Crippen LogP contribution in [-0.2, 0) is 0 Å². The van der Waals surface area contributed by atoms with Crippen LogP contribution in [0.15, 0.2) is 24.4 Å². The van der Waals surface area contributed by atoms with Crippen LogP contribution in [0.25, 0.3) is 11.3 Å². The molecule has 88 valence electrons. The van der Waals surface area contributed by atoms with Gasteiger partial charge in [0.1, 0.15) is 11.6 Å². The van der Waals surface area contributed by atoms with Gasteiger partial charge in [-0.1, -0.05) is 0 Å². The van der Waals surface area contributed by atoms with Crippen molar-refractivity contribution in [1.82, 2.24) is 9.97 Å². The second kappa shape index (κ2) is 4.37. The molecule has 0 saturated carbocycles. The summed E-state index contributed by atoms with van der Waals surface area (Å²) in [6, 6.07) is 4.17. The van der Waals surface area contributed by atoms with Gasteiger partial charge in [0.25, 0.3) is 0 Å². The average molecular weight is 234 g/mol. The molecule has 0 amide bonds. The Morgan fingerprint density at radius 3 is 2.82 bits per heavy atom. The van der Waals surface area contributed by atoms with Crippen molar-refractivity contribution < 1.29 is 13.9 Å². The van der Waals surface area contributed by atoms with Crippen LogP contribution in [0.1, 0.15) is 17.5 Å². The number of imidazole rings is 1. The zero-order valence-electron chi connectivity index (χ0n) is 9.45. The lowest BCUT2D eigenvalue weighted by Crippen LogP contribution is -1.94. The first-order chi connectivity index (χ1) is 8.11. The van der Waals surface area contributed by atoms with Crippen molar-refractivity contribution in [3.05, 3.63) is 36.0 Å². The molecule has 2 aromatic rings. The Morgan fingerprint density at radius 1 is 1.47 bits per heavy atom. The van der Waals surface area contributed by atoms with Crippen molar-refractivity contribution in [1.29, 1.82) is 0 Å². The molecule has 1 heterocycles. The summed E-state index contributed by atoms with van der Waals surface area (Å²) in [5, 5.41) is 0. The highest BCUT2D eigenvalue weighted by atomic mass is 19.1. The first-order valence-corrected chi connectivity index (χ1v) is 5.01. The van der Waals surface area contributed by atoms with Crippen molar-refractivity contribution >= 4 is 5.78 Å². The zero-order valence-corrected chi connectivity index (χ0v) is 9.45. The van der Waals surface area contributed by atoms with Gasteiger partial charge in [-0.25, -0.2) is 9.37 Å². The molecule has 0 aliphatic rings. The predicted molar refractivity (Wildman–Crippen MR) is 60.5 cm³/mol. The SMILES string of the molecule is COc1ccc(F)cc1-c1cnc(C(C)=O)[nH]1. The number of aromatic nitrogens is 2. The highest BCUT2D eigenvalue weighted by Gasteiger charge is 2.11. The van der Waals surface area contributed by atoms with Crippen LogP contribution in [0.4, 0.5) is 4.39 Å². The number of halogens is 1. The molecule has 0 aliphatic carbocycles. The number of rotatable bonds is 3. The number of carbonyl (C=O) groups is 1. The van der Waals surface area contributed by atoms with Crippen molar-refractivity contribution in [2.75, 3.05) is 7.11 Å². The molecule has 0 saturated heterocycles. The highest BCUT2D eigenvalue weighted by molar-refractivity contribution is 5.91. The van der Waals surface area contributed by atoms with Gasteiger partial charge < -0.3 is 9.72 Å². The number of ether oxygens (including phenoxy) is 1. The maximum atomic E-state index is 13.2. The quantitative estimate of drug-likeness (QED) is 0.830. The minimum atomic E-state index is -0.375. The van der Waals surface area contributed by atoms with E-state index in [-0.39, 0.29) is 17.4 Å². The van der Waals surface area contributed by atoms with Crippen LogP contribution in [0.2, 0.25) is 0 Å². The van der Waals surface area contributed by atoms with Gasteiger partial charge in [0.15, 0.2) is 11.6 Å². The number of ketones is 1. The number of hydrogen-bond acceptors (Lipinski definition) is 3. The number of Topliss-reactive ketones (excluding diaryl/α,β-unsaturated/α-hetero) is 1. The number of benzene rings is 1. The van der Waals surface area contributed by atoms with Crippen LogP contribution >= 0.6 is 0 Å². The fourth-order valence-electron chi connectivity index (χ4n) is 1.53. The number of methoxy groups -OCH3 is 1. The fourth-order valence-corrected chi connectivity index (χ4v) is 1.53. The molecular weight excluding hydrogens is 223 g/mol. The molecule has 0 radical (unpaired) electrons. The largest absolute Gasteiger partial charge is 0.496 e. The van der Waals surface area contributed by atoms with Crippen molar-refractivity contribution in [3.8, 4) is 17.0 Å². The third-order valence-corrected chi connectivity index (χ3v) is 2.36. The van der Waals surface area contributed by atoms with E-state index in [1.807, 2.05) is 0 Å². The molecule has 1 aromatic heterocycles. The predicted octanol–water partition coefficient (Wildman–Crippen LogP) is 2.43. The van der Waals surface area contributed by atoms with Gasteiger partial charge >= 0.3 is 0 Å². The standard InChI is InChI=1S/C12H11FN2O2/c1-7(16)12-14-6-10(15-12)9-5-8(13)3-4-11(9)17-2/h3-6H,1-2H3,(H,14,15). The molecule has 1 N–H and O–H groups in total. The number of carbonyl (C=O) groups excluding carboxylic acids is 1. The van der Waals surface area contributed by atoms with E-state index in [1.54, 1.807) is 0 Å². The van der Waals surface area contributed by atoms with E-state index in [0.29, 0.717) is 17.0 Å². The smallest absolute Gasteiger partial charge is 0.194 e. The van der Waals surface area contributed by atoms with E-state index in [1.165, 1.54) is 38.4 Å². The second-order valence-electron chi connectivity index (χ2n) is 3.55. The third kappa shape index (κ3) is 2.18. The van der Waals surface area contributed by atoms with Gasteiger partial charge in [0.05, 0.1) is 19.0 Å². The summed E-state index contributed by atoms with van der Waals surface area (Å²) in [6.45, 7) is 1.41. The molecule has 2 rings (SSSR count). The molecule has 0 unspecified atom stereocenters. The lowest BCUT2D eigenvalue weighted by Gasteiger charge is -2.06. The monoisotopic (exact) mass is 234 g/mol. The Kier molecular flexibility index (Phi) is 2.91. The van der Waals surface area contributed by atoms with Gasteiger partial charge in [-0.2, -0.15) is 0 Å². The highest BCUT2D eigenvalue weighted by Crippen LogP contribution is 2.29. The lowest BCUT2D eigenvalue weighted by atomic mass is 10.1. The summed E-state index contributed by atoms with van der Waals surface area (Å²) in [5.74, 6) is 0.211. The second-order valence-corrected chi connectivity index (χ2v) is 3.55. The number of aromatic amines is 1. The Balaban J connectivity index is 2.51. The number of H-pyrrole nitrogens is 1. The maximum absolute atomic E-state index is 13.2. The first-order valence-electron chi connectivity index (χ1n) is 5.01. The number of nitrogens with one attached hydrogen (secondary N) is 1. The minimum absolute atomic E-state index is 0.174. The average Bonchev–Trinajstić information content (AvgIpc) is 2.78. The molecular formula is C12H11FN2O2. The van der Waals surface area contributed by atoms with Crippen molar-refractivity contribution in [2.24, 2.45) is 0 Å². The van der Waals surface area contributed by atoms with E-state index in [4.69, 9.17) is 4.74 Å². The Bertz CT molecular complexity index is 563. The topological polar surface area (TPSA) is 55.0 Å². The molecule has 0 aliphatic heterocycles. The molecule has 0 fully saturated rings. The molecule has 5 heteroatoms. The van der Waals surface area contributed by atoms with E-state index in [9.17, 15) is 9.18 Å². The fraction of sp³-hybridized carbons (Fsp3) is 0.167. The van der Waals surface area contributed by atoms with Crippen molar-refractivity contribution in [2.45, 2.75) is 6.92 Å². The van der Waals surface area contributed by atoms with Crippen LogP contribution in [0.3, 0.4) is 0 Å². The summed E-state index contributed by atoms with van der Waals surface area (Å²) < 4.78 is 18.3. The van der Waals surface area contributed by atoms with Crippen LogP contribution < -0.4 is 4.74 Å². The third-order valence-electron chi connectivity index (χ3n) is 2.36. The van der Waals surface area contributed by atoms with E-state index >= 15 is 0 Å². The molecule has 0 bridgehead atoms. The minimum Gasteiger partial charge on any atom is -0.496 e. The van der Waals surface area contributed by atoms with E-state index in [2.05, 4.69) is 9.97 Å². The zero-order chi connectivity index (χ0) is 12.4. The molecule has 17 heavy (non-hydrogen) atoms. The normalized spacial score (nSPS) is 10.3. The maximum Gasteiger partial charge on any atom is 0.194 e. The summed E-state index contributed by atoms with van der Waals surface area (Å²) in [6.07, 6.45) is 1.48. The van der Waals surface area contributed by atoms with Crippen molar-refractivity contribution in [3.63, 3.8) is 0 Å². The Morgan fingerprint density at radius 2 is 2.24 bits per heavy atom. The van der Waals surface area contributed by atoms with Gasteiger partial charge in [-0.15, -0.1) is 0 Å². The molecule has 0 spiro atoms. The van der Waals surface area contributed by atoms with Gasteiger partial charge in [0, 0.05) is 12.5 Å². The first kappa shape index (κ1) is 11.3. The van der Waals surface area contributed by atoms with Crippen LogP contribution in [-0.4, -0.2) is 22.9 Å². The van der Waals surface area contributed by atoms with Crippen LogP contribution in [0, 0.1) is 5.82 Å². The summed E-state index contributed by atoms with van der Waals surface area (Å²) in [5.41, 5.74) is 1.08. The molecule has 0 atom stereocenters. The lowest BCUT2D eigenvalue weighted by molar-refractivity contribution is 0.100. The van der Waals surface area contributed by atoms with Gasteiger partial charge in [0.2, 0.25) is 0 Å². The number of hydrogen-bond donors (Lipinski definition) is 1. The van der Waals surface area contributed by atoms with Gasteiger partial charge in [-0.3, -0.25) is 4.79 Å².